The highest BCUT2D eigenvalue weighted by molar-refractivity contribution is 5.34. The lowest BCUT2D eigenvalue weighted by Gasteiger charge is -2.53. The second-order valence-corrected chi connectivity index (χ2v) is 7.34. The van der Waals surface area contributed by atoms with Crippen molar-refractivity contribution in [3.05, 3.63) is 35.4 Å². The Hall–Kier alpha value is -0.900. The first kappa shape index (κ1) is 13.7. The monoisotopic (exact) mass is 288 g/mol. The third kappa shape index (κ3) is 1.84. The lowest BCUT2D eigenvalue weighted by molar-refractivity contribution is -0.390. The van der Waals surface area contributed by atoms with Gasteiger partial charge in [0.05, 0.1) is 5.41 Å². The van der Waals surface area contributed by atoms with E-state index in [9.17, 15) is 15.3 Å². The molecule has 0 heterocycles. The molecule has 2 saturated carbocycles. The number of benzene rings is 1. The van der Waals surface area contributed by atoms with Crippen molar-refractivity contribution in [2.75, 3.05) is 0 Å². The first-order valence-corrected chi connectivity index (χ1v) is 8.28. The molecule has 0 aliphatic heterocycles. The second-order valence-electron chi connectivity index (χ2n) is 7.34. The van der Waals surface area contributed by atoms with E-state index in [-0.39, 0.29) is 5.92 Å². The van der Waals surface area contributed by atoms with Crippen molar-refractivity contribution >= 4 is 0 Å². The van der Waals surface area contributed by atoms with Crippen molar-refractivity contribution in [3.8, 4) is 0 Å². The van der Waals surface area contributed by atoms with Crippen LogP contribution in [0.5, 0.6) is 0 Å². The summed E-state index contributed by atoms with van der Waals surface area (Å²) in [7, 11) is 0. The molecule has 114 valence electrons. The van der Waals surface area contributed by atoms with Gasteiger partial charge in [-0.15, -0.1) is 0 Å². The standard InChI is InChI=1S/C18H24O3/c19-18(20,21)17-10-3-6-16(17)15-8-7-12-4-1-2-5-13(12)14(15)9-11-17/h1-2,4-5,14-16,19-21H,3,6-11H2/t14-,15-,16+,17-/m1/s1. The van der Waals surface area contributed by atoms with Crippen molar-refractivity contribution in [2.45, 2.75) is 56.8 Å². The van der Waals surface area contributed by atoms with Gasteiger partial charge in [-0.1, -0.05) is 30.7 Å². The number of hydrogen-bond donors (Lipinski definition) is 3. The molecule has 1 aromatic carbocycles. The Bertz CT molecular complexity index is 548. The molecule has 3 nitrogen and oxygen atoms in total. The second kappa shape index (κ2) is 4.55. The molecule has 21 heavy (non-hydrogen) atoms. The molecule has 1 aromatic rings. The van der Waals surface area contributed by atoms with Gasteiger partial charge in [0.2, 0.25) is 0 Å². The van der Waals surface area contributed by atoms with E-state index in [0.29, 0.717) is 11.8 Å². The highest BCUT2D eigenvalue weighted by Crippen LogP contribution is 2.63. The maximum Gasteiger partial charge on any atom is 0.281 e. The minimum Gasteiger partial charge on any atom is -0.343 e. The first-order valence-electron chi connectivity index (χ1n) is 8.28. The zero-order valence-corrected chi connectivity index (χ0v) is 12.3. The van der Waals surface area contributed by atoms with Gasteiger partial charge in [0.1, 0.15) is 0 Å². The topological polar surface area (TPSA) is 60.7 Å². The Morgan fingerprint density at radius 3 is 2.62 bits per heavy atom. The third-order valence-electron chi connectivity index (χ3n) is 6.65. The fourth-order valence-electron chi connectivity index (χ4n) is 5.76. The normalized spacial score (nSPS) is 38.5. The summed E-state index contributed by atoms with van der Waals surface area (Å²) in [6.45, 7) is 0. The summed E-state index contributed by atoms with van der Waals surface area (Å²) < 4.78 is 0. The Morgan fingerprint density at radius 2 is 1.81 bits per heavy atom. The van der Waals surface area contributed by atoms with Crippen molar-refractivity contribution < 1.29 is 15.3 Å². The fourth-order valence-corrected chi connectivity index (χ4v) is 5.76. The van der Waals surface area contributed by atoms with Gasteiger partial charge in [-0.3, -0.25) is 0 Å². The Labute approximate surface area is 125 Å². The van der Waals surface area contributed by atoms with Gasteiger partial charge < -0.3 is 15.3 Å². The van der Waals surface area contributed by atoms with Crippen LogP contribution in [0.15, 0.2) is 24.3 Å². The van der Waals surface area contributed by atoms with Crippen LogP contribution >= 0.6 is 0 Å². The van der Waals surface area contributed by atoms with E-state index in [2.05, 4.69) is 24.3 Å². The van der Waals surface area contributed by atoms with E-state index in [1.54, 1.807) is 0 Å². The molecule has 0 bridgehead atoms. The summed E-state index contributed by atoms with van der Waals surface area (Å²) in [6.07, 6.45) is 6.64. The van der Waals surface area contributed by atoms with Crippen LogP contribution in [0.25, 0.3) is 0 Å². The van der Waals surface area contributed by atoms with Crippen LogP contribution in [-0.2, 0) is 6.42 Å². The van der Waals surface area contributed by atoms with Gasteiger partial charge in [0.15, 0.2) is 0 Å². The predicted molar refractivity (Wildman–Crippen MR) is 79.4 cm³/mol. The zero-order valence-electron chi connectivity index (χ0n) is 12.3. The van der Waals surface area contributed by atoms with E-state index in [0.717, 1.165) is 44.9 Å². The summed E-state index contributed by atoms with van der Waals surface area (Å²) in [5.74, 6) is -1.25. The largest absolute Gasteiger partial charge is 0.343 e. The fraction of sp³-hybridized carbons (Fsp3) is 0.667. The summed E-state index contributed by atoms with van der Waals surface area (Å²) in [4.78, 5) is 0. The molecule has 0 amide bonds. The van der Waals surface area contributed by atoms with Gasteiger partial charge in [0, 0.05) is 0 Å². The molecule has 0 aromatic heterocycles. The average molecular weight is 288 g/mol. The average Bonchev–Trinajstić information content (AvgIpc) is 2.92. The molecule has 0 unspecified atom stereocenters. The van der Waals surface area contributed by atoms with Crippen molar-refractivity contribution in [2.24, 2.45) is 17.3 Å². The summed E-state index contributed by atoms with van der Waals surface area (Å²) >= 11 is 0. The minimum atomic E-state index is -2.52. The molecule has 4 rings (SSSR count). The Kier molecular flexibility index (Phi) is 2.97. The quantitative estimate of drug-likeness (QED) is 0.696. The number of rotatable bonds is 1. The number of aliphatic hydroxyl groups is 3. The van der Waals surface area contributed by atoms with Crippen LogP contribution in [-0.4, -0.2) is 21.3 Å². The van der Waals surface area contributed by atoms with Crippen LogP contribution in [0.4, 0.5) is 0 Å². The first-order chi connectivity index (χ1) is 10.0. The lowest BCUT2D eigenvalue weighted by Crippen LogP contribution is -2.55. The maximum atomic E-state index is 10.00. The SMILES string of the molecule is OC(O)(O)[C@@]12CCC[C@H]1[C@@H]1CCc3ccccc3[C@H]1CC2. The summed E-state index contributed by atoms with van der Waals surface area (Å²) in [5, 5.41) is 30.0. The van der Waals surface area contributed by atoms with E-state index >= 15 is 0 Å². The maximum absolute atomic E-state index is 10.00. The molecule has 3 aliphatic carbocycles. The number of aryl methyl sites for hydroxylation is 1. The van der Waals surface area contributed by atoms with Crippen molar-refractivity contribution in [1.29, 1.82) is 0 Å². The Morgan fingerprint density at radius 1 is 1.00 bits per heavy atom. The van der Waals surface area contributed by atoms with E-state index in [1.807, 2.05) is 0 Å². The van der Waals surface area contributed by atoms with E-state index in [1.165, 1.54) is 11.1 Å². The minimum absolute atomic E-state index is 0.240. The molecular formula is C18H24O3. The molecule has 4 atom stereocenters. The highest BCUT2D eigenvalue weighted by atomic mass is 16.7. The van der Waals surface area contributed by atoms with E-state index in [4.69, 9.17) is 0 Å². The van der Waals surface area contributed by atoms with Gasteiger partial charge in [0.25, 0.3) is 5.97 Å². The van der Waals surface area contributed by atoms with Gasteiger partial charge >= 0.3 is 0 Å². The zero-order chi connectivity index (χ0) is 14.7. The van der Waals surface area contributed by atoms with Crippen LogP contribution in [0.3, 0.4) is 0 Å². The van der Waals surface area contributed by atoms with Crippen molar-refractivity contribution in [3.63, 3.8) is 0 Å². The summed E-state index contributed by atoms with van der Waals surface area (Å²) in [5.41, 5.74) is 2.24. The molecule has 3 N–H and O–H groups in total. The van der Waals surface area contributed by atoms with Crippen LogP contribution in [0, 0.1) is 17.3 Å². The van der Waals surface area contributed by atoms with Crippen LogP contribution < -0.4 is 0 Å². The van der Waals surface area contributed by atoms with E-state index < -0.39 is 11.4 Å². The molecule has 3 heteroatoms. The molecule has 0 spiro atoms. The molecule has 0 radical (unpaired) electrons. The van der Waals surface area contributed by atoms with Gasteiger partial charge in [-0.25, -0.2) is 0 Å². The number of hydrogen-bond acceptors (Lipinski definition) is 3. The third-order valence-corrected chi connectivity index (χ3v) is 6.65. The smallest absolute Gasteiger partial charge is 0.281 e. The molecule has 0 saturated heterocycles. The van der Waals surface area contributed by atoms with Crippen molar-refractivity contribution in [1.82, 2.24) is 0 Å². The molecule has 3 aliphatic rings. The highest BCUT2D eigenvalue weighted by Gasteiger charge is 2.61. The lowest BCUT2D eigenvalue weighted by atomic mass is 9.54. The molecule has 2 fully saturated rings. The molecular weight excluding hydrogens is 264 g/mol. The summed E-state index contributed by atoms with van der Waals surface area (Å²) in [6, 6.07) is 8.71. The van der Waals surface area contributed by atoms with Crippen LogP contribution in [0.1, 0.15) is 55.6 Å². The van der Waals surface area contributed by atoms with Gasteiger partial charge in [-0.05, 0) is 67.4 Å². The Balaban J connectivity index is 1.73. The predicted octanol–water partition coefficient (Wildman–Crippen LogP) is 2.54. The number of fused-ring (bicyclic) bond motifs is 5. The van der Waals surface area contributed by atoms with Gasteiger partial charge in [-0.2, -0.15) is 0 Å². The van der Waals surface area contributed by atoms with Crippen LogP contribution in [0.2, 0.25) is 0 Å².